The van der Waals surface area contributed by atoms with E-state index < -0.39 is 0 Å². The van der Waals surface area contributed by atoms with Gasteiger partial charge in [0.15, 0.2) is 0 Å². The third kappa shape index (κ3) is 3.64. The van der Waals surface area contributed by atoms with Gasteiger partial charge in [0.25, 0.3) is 0 Å². The summed E-state index contributed by atoms with van der Waals surface area (Å²) in [6.07, 6.45) is 4.46. The lowest BCUT2D eigenvalue weighted by molar-refractivity contribution is -0.124. The molecular weight excluding hydrogens is 210 g/mol. The molecule has 1 N–H and O–H groups in total. The Hall–Kier alpha value is -1.75. The fourth-order valence-electron chi connectivity index (χ4n) is 2.13. The maximum absolute atomic E-state index is 11.7. The van der Waals surface area contributed by atoms with Gasteiger partial charge in [-0.05, 0) is 25.0 Å². The summed E-state index contributed by atoms with van der Waals surface area (Å²) in [6.45, 7) is 0.449. The van der Waals surface area contributed by atoms with Gasteiger partial charge in [0, 0.05) is 11.5 Å². The molecule has 0 bridgehead atoms. The van der Waals surface area contributed by atoms with Gasteiger partial charge in [-0.2, -0.15) is 0 Å². The molecule has 0 saturated heterocycles. The van der Waals surface area contributed by atoms with Crippen molar-refractivity contribution >= 4 is 5.91 Å². The molecule has 2 rings (SSSR count). The van der Waals surface area contributed by atoms with Crippen molar-refractivity contribution in [3.8, 4) is 11.8 Å². The second-order valence-corrected chi connectivity index (χ2v) is 4.37. The number of amides is 1. The fourth-order valence-corrected chi connectivity index (χ4v) is 2.13. The molecule has 0 aromatic heterocycles. The Morgan fingerprint density at radius 3 is 2.65 bits per heavy atom. The van der Waals surface area contributed by atoms with Gasteiger partial charge in [-0.25, -0.2) is 0 Å². The van der Waals surface area contributed by atoms with Gasteiger partial charge in [0.05, 0.1) is 6.54 Å². The van der Waals surface area contributed by atoms with E-state index in [1.807, 2.05) is 30.3 Å². The SMILES string of the molecule is O=C(NCC#Cc1ccccc1)C1CCCC1. The molecule has 1 aromatic carbocycles. The minimum atomic E-state index is 0.171. The highest BCUT2D eigenvalue weighted by Gasteiger charge is 2.21. The van der Waals surface area contributed by atoms with Gasteiger partial charge in [-0.3, -0.25) is 4.79 Å². The Morgan fingerprint density at radius 1 is 1.24 bits per heavy atom. The van der Waals surface area contributed by atoms with E-state index in [0.29, 0.717) is 6.54 Å². The Bertz CT molecular complexity index is 421. The summed E-state index contributed by atoms with van der Waals surface area (Å²) in [5, 5.41) is 2.88. The lowest BCUT2D eigenvalue weighted by atomic mass is 10.1. The van der Waals surface area contributed by atoms with Crippen molar-refractivity contribution in [3.05, 3.63) is 35.9 Å². The summed E-state index contributed by atoms with van der Waals surface area (Å²) < 4.78 is 0. The van der Waals surface area contributed by atoms with Crippen molar-refractivity contribution in [1.82, 2.24) is 5.32 Å². The molecule has 0 spiro atoms. The predicted octanol–water partition coefficient (Wildman–Crippen LogP) is 2.34. The van der Waals surface area contributed by atoms with Gasteiger partial charge in [0.2, 0.25) is 5.91 Å². The maximum atomic E-state index is 11.7. The van der Waals surface area contributed by atoms with Gasteiger partial charge < -0.3 is 5.32 Å². The Kier molecular flexibility index (Phi) is 4.21. The zero-order chi connectivity index (χ0) is 11.9. The molecule has 1 fully saturated rings. The third-order valence-corrected chi connectivity index (χ3v) is 3.08. The van der Waals surface area contributed by atoms with E-state index in [-0.39, 0.29) is 11.8 Å². The number of benzene rings is 1. The maximum Gasteiger partial charge on any atom is 0.223 e. The number of rotatable bonds is 2. The summed E-state index contributed by atoms with van der Waals surface area (Å²) in [7, 11) is 0. The molecule has 88 valence electrons. The molecule has 0 radical (unpaired) electrons. The lowest BCUT2D eigenvalue weighted by Gasteiger charge is -2.06. The van der Waals surface area contributed by atoms with Crippen LogP contribution in [0.2, 0.25) is 0 Å². The number of nitrogens with one attached hydrogen (secondary N) is 1. The molecule has 1 aliphatic rings. The largest absolute Gasteiger partial charge is 0.345 e. The molecule has 1 amide bonds. The fraction of sp³-hybridized carbons (Fsp3) is 0.400. The summed E-state index contributed by atoms with van der Waals surface area (Å²) >= 11 is 0. The summed E-state index contributed by atoms with van der Waals surface area (Å²) in [6, 6.07) is 9.81. The highest BCUT2D eigenvalue weighted by atomic mass is 16.1. The van der Waals surface area contributed by atoms with E-state index in [1.165, 1.54) is 12.8 Å². The van der Waals surface area contributed by atoms with Crippen molar-refractivity contribution in [1.29, 1.82) is 0 Å². The van der Waals surface area contributed by atoms with Crippen molar-refractivity contribution in [2.45, 2.75) is 25.7 Å². The van der Waals surface area contributed by atoms with Crippen LogP contribution in [0.15, 0.2) is 30.3 Å². The number of hydrogen-bond donors (Lipinski definition) is 1. The molecule has 0 heterocycles. The first-order valence-electron chi connectivity index (χ1n) is 6.18. The Balaban J connectivity index is 1.76. The predicted molar refractivity (Wildman–Crippen MR) is 68.3 cm³/mol. The van der Waals surface area contributed by atoms with Crippen LogP contribution in [0.1, 0.15) is 31.2 Å². The molecular formula is C15H17NO. The standard InChI is InChI=1S/C15H17NO/c17-15(14-10-4-5-11-14)16-12-6-9-13-7-2-1-3-8-13/h1-3,7-8,14H,4-5,10-12H2,(H,16,17). The van der Waals surface area contributed by atoms with Crippen LogP contribution in [0.4, 0.5) is 0 Å². The average Bonchev–Trinajstić information content (AvgIpc) is 2.89. The van der Waals surface area contributed by atoms with Crippen LogP contribution in [0.25, 0.3) is 0 Å². The first-order chi connectivity index (χ1) is 8.36. The van der Waals surface area contributed by atoms with Crippen molar-refractivity contribution in [3.63, 3.8) is 0 Å². The van der Waals surface area contributed by atoms with Gasteiger partial charge in [0.1, 0.15) is 0 Å². The summed E-state index contributed by atoms with van der Waals surface area (Å²) in [5.41, 5.74) is 0.989. The Morgan fingerprint density at radius 2 is 1.94 bits per heavy atom. The second-order valence-electron chi connectivity index (χ2n) is 4.37. The molecule has 2 nitrogen and oxygen atoms in total. The van der Waals surface area contributed by atoms with Crippen LogP contribution >= 0.6 is 0 Å². The van der Waals surface area contributed by atoms with Gasteiger partial charge in [-0.15, -0.1) is 0 Å². The molecule has 0 unspecified atom stereocenters. The van der Waals surface area contributed by atoms with Crippen LogP contribution < -0.4 is 5.32 Å². The number of carbonyl (C=O) groups excluding carboxylic acids is 1. The molecule has 0 atom stereocenters. The van der Waals surface area contributed by atoms with E-state index in [9.17, 15) is 4.79 Å². The highest BCUT2D eigenvalue weighted by molar-refractivity contribution is 5.79. The monoisotopic (exact) mass is 227 g/mol. The first kappa shape index (κ1) is 11.7. The minimum absolute atomic E-state index is 0.171. The molecule has 1 saturated carbocycles. The molecule has 2 heteroatoms. The van der Waals surface area contributed by atoms with Crippen LogP contribution in [0.3, 0.4) is 0 Å². The minimum Gasteiger partial charge on any atom is -0.345 e. The van der Waals surface area contributed by atoms with Crippen LogP contribution in [0, 0.1) is 17.8 Å². The van der Waals surface area contributed by atoms with Crippen LogP contribution in [-0.4, -0.2) is 12.5 Å². The zero-order valence-electron chi connectivity index (χ0n) is 9.91. The van der Waals surface area contributed by atoms with Crippen molar-refractivity contribution in [2.75, 3.05) is 6.54 Å². The molecule has 17 heavy (non-hydrogen) atoms. The van der Waals surface area contributed by atoms with E-state index >= 15 is 0 Å². The average molecular weight is 227 g/mol. The number of hydrogen-bond acceptors (Lipinski definition) is 1. The second kappa shape index (κ2) is 6.10. The Labute approximate surface area is 102 Å². The zero-order valence-corrected chi connectivity index (χ0v) is 9.91. The highest BCUT2D eigenvalue weighted by Crippen LogP contribution is 2.24. The quantitative estimate of drug-likeness (QED) is 0.772. The van der Waals surface area contributed by atoms with Crippen LogP contribution in [-0.2, 0) is 4.79 Å². The van der Waals surface area contributed by atoms with Crippen LogP contribution in [0.5, 0.6) is 0 Å². The summed E-state index contributed by atoms with van der Waals surface area (Å²) in [5.74, 6) is 6.40. The molecule has 0 aliphatic heterocycles. The van der Waals surface area contributed by atoms with Crippen molar-refractivity contribution < 1.29 is 4.79 Å². The lowest BCUT2D eigenvalue weighted by Crippen LogP contribution is -2.29. The third-order valence-electron chi connectivity index (χ3n) is 3.08. The summed E-state index contributed by atoms with van der Waals surface area (Å²) in [4.78, 5) is 11.7. The van der Waals surface area contributed by atoms with Gasteiger partial charge >= 0.3 is 0 Å². The van der Waals surface area contributed by atoms with E-state index in [2.05, 4.69) is 17.2 Å². The number of carbonyl (C=O) groups is 1. The van der Waals surface area contributed by atoms with E-state index in [0.717, 1.165) is 18.4 Å². The van der Waals surface area contributed by atoms with E-state index in [1.54, 1.807) is 0 Å². The normalized spacial score (nSPS) is 15.1. The first-order valence-corrected chi connectivity index (χ1v) is 6.18. The molecule has 1 aromatic rings. The van der Waals surface area contributed by atoms with E-state index in [4.69, 9.17) is 0 Å². The topological polar surface area (TPSA) is 29.1 Å². The van der Waals surface area contributed by atoms with Gasteiger partial charge in [-0.1, -0.05) is 42.9 Å². The smallest absolute Gasteiger partial charge is 0.223 e. The molecule has 1 aliphatic carbocycles. The van der Waals surface area contributed by atoms with Crippen molar-refractivity contribution in [2.24, 2.45) is 5.92 Å².